The minimum atomic E-state index is -0.384. The highest BCUT2D eigenvalue weighted by atomic mass is 16.5. The third-order valence-corrected chi connectivity index (χ3v) is 2.76. The second-order valence-corrected chi connectivity index (χ2v) is 3.85. The van der Waals surface area contributed by atoms with Crippen molar-refractivity contribution in [2.45, 2.75) is 12.3 Å². The molecule has 100 valence electrons. The van der Waals surface area contributed by atoms with Gasteiger partial charge in [-0.15, -0.1) is 0 Å². The zero-order valence-corrected chi connectivity index (χ0v) is 10.9. The van der Waals surface area contributed by atoms with Crippen molar-refractivity contribution in [3.05, 3.63) is 23.8 Å². The Morgan fingerprint density at radius 3 is 2.39 bits per heavy atom. The first kappa shape index (κ1) is 14.3. The fraction of sp³-hybridized carbons (Fsp3) is 0.462. The van der Waals surface area contributed by atoms with Gasteiger partial charge in [-0.2, -0.15) is 0 Å². The van der Waals surface area contributed by atoms with Gasteiger partial charge in [-0.25, -0.2) is 0 Å². The summed E-state index contributed by atoms with van der Waals surface area (Å²) >= 11 is 0. The van der Waals surface area contributed by atoms with Crippen LogP contribution >= 0.6 is 0 Å². The van der Waals surface area contributed by atoms with Gasteiger partial charge >= 0.3 is 0 Å². The minimum Gasteiger partial charge on any atom is -0.493 e. The number of primary amides is 1. The Balaban J connectivity index is 3.01. The molecule has 5 nitrogen and oxygen atoms in total. The Bertz CT molecular complexity index is 406. The maximum Gasteiger partial charge on any atom is 0.225 e. The summed E-state index contributed by atoms with van der Waals surface area (Å²) in [5.41, 5.74) is 6.21. The number of nitrogens with two attached hydrogens (primary N) is 1. The van der Waals surface area contributed by atoms with Crippen LogP contribution in [-0.4, -0.2) is 33.8 Å². The van der Waals surface area contributed by atoms with E-state index in [2.05, 4.69) is 0 Å². The van der Waals surface area contributed by atoms with Gasteiger partial charge in [0.25, 0.3) is 0 Å². The van der Waals surface area contributed by atoms with Crippen LogP contribution in [0.25, 0.3) is 0 Å². The molecule has 1 aromatic rings. The summed E-state index contributed by atoms with van der Waals surface area (Å²) in [7, 11) is 4.71. The van der Waals surface area contributed by atoms with Crippen molar-refractivity contribution < 1.29 is 19.0 Å². The Hall–Kier alpha value is -1.75. The molecule has 0 aromatic heterocycles. The van der Waals surface area contributed by atoms with E-state index in [4.69, 9.17) is 19.9 Å². The van der Waals surface area contributed by atoms with Gasteiger partial charge in [0.15, 0.2) is 11.5 Å². The summed E-state index contributed by atoms with van der Waals surface area (Å²) < 4.78 is 15.3. The lowest BCUT2D eigenvalue weighted by Gasteiger charge is -2.15. The van der Waals surface area contributed by atoms with E-state index in [1.54, 1.807) is 33.5 Å². The van der Waals surface area contributed by atoms with E-state index in [1.165, 1.54) is 0 Å². The molecule has 0 heterocycles. The molecule has 18 heavy (non-hydrogen) atoms. The second kappa shape index (κ2) is 6.86. The molecule has 1 amide bonds. The molecule has 5 heteroatoms. The van der Waals surface area contributed by atoms with Gasteiger partial charge in [0.05, 0.1) is 20.1 Å². The molecule has 1 rings (SSSR count). The van der Waals surface area contributed by atoms with Crippen molar-refractivity contribution in [3.8, 4) is 11.5 Å². The molecule has 1 aromatic carbocycles. The van der Waals surface area contributed by atoms with Crippen LogP contribution in [0.15, 0.2) is 18.2 Å². The summed E-state index contributed by atoms with van der Waals surface area (Å²) in [6, 6.07) is 5.34. The average Bonchev–Trinajstić information content (AvgIpc) is 2.38. The maximum absolute atomic E-state index is 11.5. The highest BCUT2D eigenvalue weighted by Gasteiger charge is 2.19. The van der Waals surface area contributed by atoms with E-state index in [1.807, 2.05) is 6.07 Å². The fourth-order valence-electron chi connectivity index (χ4n) is 1.78. The number of methoxy groups -OCH3 is 3. The Morgan fingerprint density at radius 1 is 1.22 bits per heavy atom. The van der Waals surface area contributed by atoms with E-state index in [-0.39, 0.29) is 11.8 Å². The first-order chi connectivity index (χ1) is 8.63. The van der Waals surface area contributed by atoms with Gasteiger partial charge in [-0.1, -0.05) is 6.07 Å². The van der Waals surface area contributed by atoms with Crippen molar-refractivity contribution in [1.82, 2.24) is 0 Å². The number of amides is 1. The second-order valence-electron chi connectivity index (χ2n) is 3.85. The average molecular weight is 253 g/mol. The van der Waals surface area contributed by atoms with Crippen LogP contribution in [0.2, 0.25) is 0 Å². The van der Waals surface area contributed by atoms with Crippen LogP contribution in [0.1, 0.15) is 17.9 Å². The molecule has 0 aliphatic rings. The lowest BCUT2D eigenvalue weighted by atomic mass is 9.95. The molecule has 1 unspecified atom stereocenters. The van der Waals surface area contributed by atoms with Crippen molar-refractivity contribution in [2.75, 3.05) is 27.9 Å². The summed E-state index contributed by atoms with van der Waals surface area (Å²) in [4.78, 5) is 11.5. The molecule has 0 saturated heterocycles. The summed E-state index contributed by atoms with van der Waals surface area (Å²) in [5.74, 6) is 0.443. The highest BCUT2D eigenvalue weighted by molar-refractivity contribution is 5.82. The molecule has 2 N–H and O–H groups in total. The SMILES string of the molecule is COCCC(C(N)=O)c1ccc(OC)c(OC)c1. The normalized spacial score (nSPS) is 11.9. The summed E-state index contributed by atoms with van der Waals surface area (Å²) in [5, 5.41) is 0. The van der Waals surface area contributed by atoms with E-state index in [9.17, 15) is 4.79 Å². The van der Waals surface area contributed by atoms with E-state index in [0.29, 0.717) is 24.5 Å². The van der Waals surface area contributed by atoms with Gasteiger partial charge in [0.2, 0.25) is 5.91 Å². The first-order valence-corrected chi connectivity index (χ1v) is 5.64. The lowest BCUT2D eigenvalue weighted by Crippen LogP contribution is -2.22. The lowest BCUT2D eigenvalue weighted by molar-refractivity contribution is -0.119. The summed E-state index contributed by atoms with van der Waals surface area (Å²) in [6.07, 6.45) is 0.543. The number of hydrogen-bond acceptors (Lipinski definition) is 4. The van der Waals surface area contributed by atoms with Crippen LogP contribution in [-0.2, 0) is 9.53 Å². The Morgan fingerprint density at radius 2 is 1.89 bits per heavy atom. The Labute approximate surface area is 107 Å². The molecule has 0 bridgehead atoms. The molecule has 0 aliphatic heterocycles. The zero-order valence-electron chi connectivity index (χ0n) is 10.9. The number of carbonyl (C=O) groups excluding carboxylic acids is 1. The fourth-order valence-corrected chi connectivity index (χ4v) is 1.78. The first-order valence-electron chi connectivity index (χ1n) is 5.64. The molecular formula is C13H19NO4. The standard InChI is InChI=1S/C13H19NO4/c1-16-7-6-10(13(14)15)9-4-5-11(17-2)12(8-9)18-3/h4-5,8,10H,6-7H2,1-3H3,(H2,14,15). The van der Waals surface area contributed by atoms with Crippen LogP contribution in [0.5, 0.6) is 11.5 Å². The monoisotopic (exact) mass is 253 g/mol. The Kier molecular flexibility index (Phi) is 5.45. The van der Waals surface area contributed by atoms with Crippen LogP contribution in [0.4, 0.5) is 0 Å². The van der Waals surface area contributed by atoms with Crippen molar-refractivity contribution in [3.63, 3.8) is 0 Å². The molecule has 1 atom stereocenters. The molecule has 0 spiro atoms. The number of carbonyl (C=O) groups is 1. The largest absolute Gasteiger partial charge is 0.493 e. The molecule has 0 aliphatic carbocycles. The van der Waals surface area contributed by atoms with Crippen molar-refractivity contribution in [2.24, 2.45) is 5.73 Å². The van der Waals surface area contributed by atoms with E-state index < -0.39 is 0 Å². The highest BCUT2D eigenvalue weighted by Crippen LogP contribution is 2.31. The number of rotatable bonds is 7. The van der Waals surface area contributed by atoms with Crippen molar-refractivity contribution in [1.29, 1.82) is 0 Å². The third-order valence-electron chi connectivity index (χ3n) is 2.76. The predicted octanol–water partition coefficient (Wildman–Crippen LogP) is 1.31. The smallest absolute Gasteiger partial charge is 0.225 e. The number of ether oxygens (including phenoxy) is 3. The third kappa shape index (κ3) is 3.37. The van der Waals surface area contributed by atoms with Crippen LogP contribution in [0.3, 0.4) is 0 Å². The van der Waals surface area contributed by atoms with Gasteiger partial charge < -0.3 is 19.9 Å². The van der Waals surface area contributed by atoms with Crippen molar-refractivity contribution >= 4 is 5.91 Å². The van der Waals surface area contributed by atoms with E-state index >= 15 is 0 Å². The summed E-state index contributed by atoms with van der Waals surface area (Å²) in [6.45, 7) is 0.474. The molecule has 0 saturated carbocycles. The number of benzene rings is 1. The van der Waals surface area contributed by atoms with Gasteiger partial charge in [-0.3, -0.25) is 4.79 Å². The van der Waals surface area contributed by atoms with Crippen LogP contribution in [0, 0.1) is 0 Å². The predicted molar refractivity (Wildman–Crippen MR) is 68.0 cm³/mol. The zero-order chi connectivity index (χ0) is 13.5. The maximum atomic E-state index is 11.5. The van der Waals surface area contributed by atoms with E-state index in [0.717, 1.165) is 5.56 Å². The molecule has 0 fully saturated rings. The topological polar surface area (TPSA) is 70.8 Å². The molecule has 0 radical (unpaired) electrons. The molecular weight excluding hydrogens is 234 g/mol. The van der Waals surface area contributed by atoms with Gasteiger partial charge in [0, 0.05) is 13.7 Å². The quantitative estimate of drug-likeness (QED) is 0.795. The van der Waals surface area contributed by atoms with Gasteiger partial charge in [-0.05, 0) is 24.1 Å². The van der Waals surface area contributed by atoms with Gasteiger partial charge in [0.1, 0.15) is 0 Å². The number of hydrogen-bond donors (Lipinski definition) is 1. The van der Waals surface area contributed by atoms with Crippen LogP contribution < -0.4 is 15.2 Å². The minimum absolute atomic E-state index is 0.376.